The highest BCUT2D eigenvalue weighted by Crippen LogP contribution is 2.35. The van der Waals surface area contributed by atoms with Gasteiger partial charge in [0.05, 0.1) is 13.7 Å². The van der Waals surface area contributed by atoms with Crippen molar-refractivity contribution in [3.8, 4) is 11.5 Å². The maximum Gasteiger partial charge on any atom is 0.329 e. The van der Waals surface area contributed by atoms with E-state index in [9.17, 15) is 14.0 Å². The Balaban J connectivity index is 1.59. The SMILES string of the molecule is C=CCc1cc(/C=C2/NC(=O)N(Cc3ccccc3F)C2=O)cc(OC)c1OCc1ccc(Cl)cc1. The smallest absolute Gasteiger partial charge is 0.329 e. The summed E-state index contributed by atoms with van der Waals surface area (Å²) in [5.74, 6) is -0.00769. The van der Waals surface area contributed by atoms with Crippen LogP contribution in [0.2, 0.25) is 5.02 Å². The van der Waals surface area contributed by atoms with Crippen LogP contribution in [-0.4, -0.2) is 23.9 Å². The monoisotopic (exact) mass is 506 g/mol. The summed E-state index contributed by atoms with van der Waals surface area (Å²) in [5, 5.41) is 3.21. The van der Waals surface area contributed by atoms with Crippen molar-refractivity contribution in [3.05, 3.63) is 112 Å². The van der Waals surface area contributed by atoms with Crippen LogP contribution in [0.4, 0.5) is 9.18 Å². The molecule has 1 fully saturated rings. The lowest BCUT2D eigenvalue weighted by atomic mass is 10.0. The van der Waals surface area contributed by atoms with E-state index < -0.39 is 17.8 Å². The molecule has 1 aliphatic rings. The zero-order chi connectivity index (χ0) is 25.7. The Kier molecular flexibility index (Phi) is 7.71. The third-order valence-corrected chi connectivity index (χ3v) is 5.85. The van der Waals surface area contributed by atoms with Crippen molar-refractivity contribution >= 4 is 29.6 Å². The summed E-state index contributed by atoms with van der Waals surface area (Å²) in [6.07, 6.45) is 3.78. The molecule has 3 aromatic rings. The number of rotatable bonds is 9. The Morgan fingerprint density at radius 1 is 1.08 bits per heavy atom. The summed E-state index contributed by atoms with van der Waals surface area (Å²) in [6, 6.07) is 16.3. The number of imide groups is 1. The minimum Gasteiger partial charge on any atom is -0.493 e. The van der Waals surface area contributed by atoms with Gasteiger partial charge in [-0.15, -0.1) is 6.58 Å². The first kappa shape index (κ1) is 25.0. The Bertz CT molecular complexity index is 1340. The van der Waals surface area contributed by atoms with Crippen LogP contribution in [0.1, 0.15) is 22.3 Å². The maximum absolute atomic E-state index is 14.0. The lowest BCUT2D eigenvalue weighted by Crippen LogP contribution is -2.30. The highest BCUT2D eigenvalue weighted by atomic mass is 35.5. The molecule has 1 aliphatic heterocycles. The molecule has 0 atom stereocenters. The Morgan fingerprint density at radius 3 is 2.53 bits per heavy atom. The predicted octanol–water partition coefficient (Wildman–Crippen LogP) is 5.89. The van der Waals surface area contributed by atoms with Crippen LogP contribution in [0.5, 0.6) is 11.5 Å². The first-order chi connectivity index (χ1) is 17.4. The zero-order valence-electron chi connectivity index (χ0n) is 19.6. The summed E-state index contributed by atoms with van der Waals surface area (Å²) < 4.78 is 25.7. The van der Waals surface area contributed by atoms with E-state index in [0.717, 1.165) is 16.0 Å². The number of methoxy groups -OCH3 is 1. The second-order valence-electron chi connectivity index (χ2n) is 8.09. The minimum absolute atomic E-state index is 0.0813. The predicted molar refractivity (Wildman–Crippen MR) is 136 cm³/mol. The normalized spacial score (nSPS) is 14.2. The van der Waals surface area contributed by atoms with Crippen molar-refractivity contribution in [2.45, 2.75) is 19.6 Å². The van der Waals surface area contributed by atoms with Crippen LogP contribution < -0.4 is 14.8 Å². The van der Waals surface area contributed by atoms with Gasteiger partial charge in [-0.25, -0.2) is 9.18 Å². The van der Waals surface area contributed by atoms with E-state index in [-0.39, 0.29) is 17.8 Å². The molecule has 36 heavy (non-hydrogen) atoms. The van der Waals surface area contributed by atoms with Gasteiger partial charge < -0.3 is 14.8 Å². The first-order valence-electron chi connectivity index (χ1n) is 11.2. The first-order valence-corrected chi connectivity index (χ1v) is 11.5. The summed E-state index contributed by atoms with van der Waals surface area (Å²) in [7, 11) is 1.53. The number of halogens is 2. The van der Waals surface area contributed by atoms with Gasteiger partial charge in [0.2, 0.25) is 0 Å². The van der Waals surface area contributed by atoms with E-state index in [4.69, 9.17) is 21.1 Å². The van der Waals surface area contributed by atoms with Crippen molar-refractivity contribution < 1.29 is 23.5 Å². The van der Waals surface area contributed by atoms with Crippen LogP contribution in [0, 0.1) is 5.82 Å². The van der Waals surface area contributed by atoms with Crippen LogP contribution in [0.15, 0.2) is 79.0 Å². The zero-order valence-corrected chi connectivity index (χ0v) is 20.3. The Morgan fingerprint density at radius 2 is 1.83 bits per heavy atom. The fraction of sp³-hybridized carbons (Fsp3) is 0.143. The molecule has 8 heteroatoms. The topological polar surface area (TPSA) is 67.9 Å². The van der Waals surface area contributed by atoms with Crippen LogP contribution in [-0.2, 0) is 24.4 Å². The molecule has 0 saturated carbocycles. The highest BCUT2D eigenvalue weighted by Gasteiger charge is 2.34. The van der Waals surface area contributed by atoms with Gasteiger partial charge in [0, 0.05) is 16.1 Å². The highest BCUT2D eigenvalue weighted by molar-refractivity contribution is 6.30. The fourth-order valence-electron chi connectivity index (χ4n) is 3.80. The number of allylic oxidation sites excluding steroid dienone is 1. The van der Waals surface area contributed by atoms with Gasteiger partial charge in [0.25, 0.3) is 5.91 Å². The summed E-state index contributed by atoms with van der Waals surface area (Å²) in [4.78, 5) is 26.3. The molecule has 0 radical (unpaired) electrons. The second kappa shape index (κ2) is 11.1. The molecule has 3 aromatic carbocycles. The Hall–Kier alpha value is -4.10. The van der Waals surface area contributed by atoms with Crippen LogP contribution in [0.25, 0.3) is 6.08 Å². The number of benzene rings is 3. The Labute approximate surface area is 213 Å². The molecular weight excluding hydrogens is 483 g/mol. The molecule has 4 rings (SSSR count). The standard InChI is InChI=1S/C28H24ClFN2O4/c1-3-6-20-13-19(15-25(35-2)26(20)36-17-18-9-11-22(29)12-10-18)14-24-27(33)32(28(34)31-24)16-21-7-4-5-8-23(21)30/h3-5,7-15H,1,6,16-17H2,2H3,(H,31,34)/b24-14+. The quantitative estimate of drug-likeness (QED) is 0.223. The third-order valence-electron chi connectivity index (χ3n) is 5.59. The molecule has 0 unspecified atom stereocenters. The van der Waals surface area contributed by atoms with Crippen molar-refractivity contribution in [2.24, 2.45) is 0 Å². The number of nitrogens with one attached hydrogen (secondary N) is 1. The van der Waals surface area contributed by atoms with Gasteiger partial charge in [-0.05, 0) is 54.0 Å². The molecular formula is C28H24ClFN2O4. The van der Waals surface area contributed by atoms with Crippen LogP contribution >= 0.6 is 11.6 Å². The van der Waals surface area contributed by atoms with E-state index >= 15 is 0 Å². The summed E-state index contributed by atoms with van der Waals surface area (Å²) >= 11 is 5.96. The number of carbonyl (C=O) groups is 2. The molecule has 1 N–H and O–H groups in total. The number of carbonyl (C=O) groups excluding carboxylic acids is 2. The van der Waals surface area contributed by atoms with Gasteiger partial charge in [-0.2, -0.15) is 0 Å². The van der Waals surface area contributed by atoms with E-state index in [1.807, 2.05) is 18.2 Å². The van der Waals surface area contributed by atoms with Gasteiger partial charge >= 0.3 is 6.03 Å². The average molecular weight is 507 g/mol. The summed E-state index contributed by atoms with van der Waals surface area (Å²) in [6.45, 7) is 3.95. The van der Waals surface area contributed by atoms with Gasteiger partial charge in [-0.3, -0.25) is 9.69 Å². The molecule has 1 heterocycles. The van der Waals surface area contributed by atoms with Gasteiger partial charge in [0.15, 0.2) is 11.5 Å². The molecule has 1 saturated heterocycles. The maximum atomic E-state index is 14.0. The van der Waals surface area contributed by atoms with E-state index in [1.165, 1.54) is 19.2 Å². The molecule has 3 amide bonds. The van der Waals surface area contributed by atoms with Crippen molar-refractivity contribution in [1.82, 2.24) is 10.2 Å². The van der Waals surface area contributed by atoms with E-state index in [2.05, 4.69) is 11.9 Å². The largest absolute Gasteiger partial charge is 0.493 e. The molecule has 0 aliphatic carbocycles. The number of amides is 3. The number of hydrogen-bond acceptors (Lipinski definition) is 4. The molecule has 0 spiro atoms. The lowest BCUT2D eigenvalue weighted by Gasteiger charge is -2.16. The van der Waals surface area contributed by atoms with Gasteiger partial charge in [-0.1, -0.05) is 48.0 Å². The number of hydrogen-bond donors (Lipinski definition) is 1. The van der Waals surface area contributed by atoms with Gasteiger partial charge in [0.1, 0.15) is 18.1 Å². The van der Waals surface area contributed by atoms with E-state index in [0.29, 0.717) is 35.1 Å². The molecule has 6 nitrogen and oxygen atoms in total. The molecule has 0 aromatic heterocycles. The van der Waals surface area contributed by atoms with Crippen LogP contribution in [0.3, 0.4) is 0 Å². The van der Waals surface area contributed by atoms with E-state index in [1.54, 1.807) is 42.5 Å². The fourth-order valence-corrected chi connectivity index (χ4v) is 3.93. The minimum atomic E-state index is -0.615. The molecule has 184 valence electrons. The number of nitrogens with zero attached hydrogens (tertiary/aromatic N) is 1. The lowest BCUT2D eigenvalue weighted by molar-refractivity contribution is -0.123. The number of urea groups is 1. The summed E-state index contributed by atoms with van der Waals surface area (Å²) in [5.41, 5.74) is 2.69. The number of ether oxygens (including phenoxy) is 2. The van der Waals surface area contributed by atoms with Crippen molar-refractivity contribution in [1.29, 1.82) is 0 Å². The van der Waals surface area contributed by atoms with Crippen molar-refractivity contribution in [2.75, 3.05) is 7.11 Å². The average Bonchev–Trinajstić information content (AvgIpc) is 3.12. The second-order valence-corrected chi connectivity index (χ2v) is 8.53. The molecule has 0 bridgehead atoms. The van der Waals surface area contributed by atoms with Crippen molar-refractivity contribution in [3.63, 3.8) is 0 Å². The third kappa shape index (κ3) is 5.58.